The van der Waals surface area contributed by atoms with Crippen molar-refractivity contribution in [2.24, 2.45) is 5.92 Å². The molecule has 1 aromatic heterocycles. The van der Waals surface area contributed by atoms with Crippen LogP contribution in [0.25, 0.3) is 0 Å². The van der Waals surface area contributed by atoms with Gasteiger partial charge >= 0.3 is 0 Å². The van der Waals surface area contributed by atoms with Gasteiger partial charge in [0.15, 0.2) is 5.13 Å². The van der Waals surface area contributed by atoms with Gasteiger partial charge in [0.1, 0.15) is 0 Å². The van der Waals surface area contributed by atoms with Crippen LogP contribution in [-0.2, 0) is 14.8 Å². The Bertz CT molecular complexity index is 926. The van der Waals surface area contributed by atoms with Gasteiger partial charge in [0.2, 0.25) is 15.9 Å². The lowest BCUT2D eigenvalue weighted by Crippen LogP contribution is -2.39. The van der Waals surface area contributed by atoms with Gasteiger partial charge in [0.05, 0.1) is 17.1 Å². The number of thiazole rings is 1. The van der Waals surface area contributed by atoms with Crippen molar-refractivity contribution >= 4 is 32.4 Å². The molecule has 1 aromatic carbocycles. The molecule has 1 N–H and O–H groups in total. The van der Waals surface area contributed by atoms with E-state index in [-0.39, 0.29) is 19.0 Å². The predicted octanol–water partition coefficient (Wildman–Crippen LogP) is 4.05. The minimum atomic E-state index is -3.80. The Morgan fingerprint density at radius 1 is 1.18 bits per heavy atom. The molecule has 6 nitrogen and oxygen atoms in total. The summed E-state index contributed by atoms with van der Waals surface area (Å²) in [5.74, 6) is -0.0633. The van der Waals surface area contributed by atoms with E-state index in [0.717, 1.165) is 11.3 Å². The quantitative estimate of drug-likeness (QED) is 0.695. The average molecular weight is 424 g/mol. The highest BCUT2D eigenvalue weighted by molar-refractivity contribution is 7.89. The van der Waals surface area contributed by atoms with E-state index in [1.54, 1.807) is 13.8 Å². The molecule has 0 aliphatic rings. The van der Waals surface area contributed by atoms with Crippen LogP contribution in [0.5, 0.6) is 0 Å². The molecule has 0 fully saturated rings. The molecule has 154 valence electrons. The lowest BCUT2D eigenvalue weighted by Gasteiger charge is -2.24. The maximum atomic E-state index is 13.4. The van der Waals surface area contributed by atoms with Crippen molar-refractivity contribution in [1.29, 1.82) is 0 Å². The number of nitrogens with zero attached hydrogens (tertiary/aromatic N) is 2. The second-order valence-electron chi connectivity index (χ2n) is 7.59. The molecule has 0 saturated carbocycles. The highest BCUT2D eigenvalue weighted by Gasteiger charge is 2.29. The predicted molar refractivity (Wildman–Crippen MR) is 114 cm³/mol. The van der Waals surface area contributed by atoms with Crippen LogP contribution in [0.2, 0.25) is 0 Å². The van der Waals surface area contributed by atoms with E-state index >= 15 is 0 Å². The molecular weight excluding hydrogens is 394 g/mol. The van der Waals surface area contributed by atoms with E-state index in [4.69, 9.17) is 0 Å². The van der Waals surface area contributed by atoms with Gasteiger partial charge < -0.3 is 5.32 Å². The Labute approximate surface area is 172 Å². The summed E-state index contributed by atoms with van der Waals surface area (Å²) in [5, 5.41) is 5.02. The third-order valence-electron chi connectivity index (χ3n) is 4.34. The van der Waals surface area contributed by atoms with Crippen LogP contribution >= 0.6 is 11.3 Å². The topological polar surface area (TPSA) is 79.4 Å². The van der Waals surface area contributed by atoms with Gasteiger partial charge in [-0.1, -0.05) is 31.5 Å². The molecule has 2 aromatic rings. The van der Waals surface area contributed by atoms with Crippen molar-refractivity contribution < 1.29 is 13.2 Å². The fraction of sp³-hybridized carbons (Fsp3) is 0.500. The summed E-state index contributed by atoms with van der Waals surface area (Å²) in [5.41, 5.74) is 3.22. The first-order valence-corrected chi connectivity index (χ1v) is 11.6. The maximum Gasteiger partial charge on any atom is 0.244 e. The molecule has 1 heterocycles. The standard InChI is InChI=1S/C20H29N3O3S2/c1-13(2)7-8-23(11-18(24)22-20-21-17(6)12-27-20)28(25,26)19-15(4)9-14(3)10-16(19)5/h9-10,12-13H,7-8,11H2,1-6H3,(H,21,22,24). The van der Waals surface area contributed by atoms with Gasteiger partial charge in [0, 0.05) is 11.9 Å². The van der Waals surface area contributed by atoms with Gasteiger partial charge in [0.25, 0.3) is 0 Å². The van der Waals surface area contributed by atoms with Gasteiger partial charge in [-0.3, -0.25) is 4.79 Å². The summed E-state index contributed by atoms with van der Waals surface area (Å²) >= 11 is 1.32. The number of anilines is 1. The minimum Gasteiger partial charge on any atom is -0.301 e. The Morgan fingerprint density at radius 3 is 2.29 bits per heavy atom. The molecule has 0 unspecified atom stereocenters. The van der Waals surface area contributed by atoms with E-state index < -0.39 is 10.0 Å². The van der Waals surface area contributed by atoms with Crippen LogP contribution in [0.15, 0.2) is 22.4 Å². The lowest BCUT2D eigenvalue weighted by molar-refractivity contribution is -0.116. The fourth-order valence-electron chi connectivity index (χ4n) is 3.12. The molecule has 0 aliphatic heterocycles. The first-order valence-electron chi connectivity index (χ1n) is 9.30. The van der Waals surface area contributed by atoms with Crippen LogP contribution in [0, 0.1) is 33.6 Å². The summed E-state index contributed by atoms with van der Waals surface area (Å²) < 4.78 is 28.1. The van der Waals surface area contributed by atoms with Gasteiger partial charge in [-0.15, -0.1) is 11.3 Å². The zero-order valence-corrected chi connectivity index (χ0v) is 19.0. The zero-order valence-electron chi connectivity index (χ0n) is 17.4. The van der Waals surface area contributed by atoms with Crippen molar-refractivity contribution in [3.8, 4) is 0 Å². The van der Waals surface area contributed by atoms with Gasteiger partial charge in [-0.2, -0.15) is 4.31 Å². The molecule has 0 spiro atoms. The zero-order chi connectivity index (χ0) is 21.1. The first kappa shape index (κ1) is 22.5. The van der Waals surface area contributed by atoms with Crippen molar-refractivity contribution in [2.75, 3.05) is 18.4 Å². The normalized spacial score (nSPS) is 12.0. The molecule has 1 amide bonds. The van der Waals surface area contributed by atoms with E-state index in [0.29, 0.717) is 33.5 Å². The third kappa shape index (κ3) is 5.62. The Morgan fingerprint density at radius 2 is 1.79 bits per heavy atom. The van der Waals surface area contributed by atoms with E-state index in [1.807, 2.05) is 45.2 Å². The molecule has 0 atom stereocenters. The van der Waals surface area contributed by atoms with E-state index in [9.17, 15) is 13.2 Å². The number of sulfonamides is 1. The number of aromatic nitrogens is 1. The van der Waals surface area contributed by atoms with Crippen molar-refractivity contribution in [2.45, 2.75) is 52.9 Å². The second-order valence-corrected chi connectivity index (χ2v) is 10.3. The Hall–Kier alpha value is -1.77. The molecule has 28 heavy (non-hydrogen) atoms. The first-order chi connectivity index (χ1) is 13.0. The molecule has 0 saturated heterocycles. The SMILES string of the molecule is Cc1cc(C)c(S(=O)(=O)N(CCC(C)C)CC(=O)Nc2nc(C)cs2)c(C)c1. The number of nitrogens with one attached hydrogen (secondary N) is 1. The minimum absolute atomic E-state index is 0.236. The molecule has 8 heteroatoms. The molecule has 0 radical (unpaired) electrons. The van der Waals surface area contributed by atoms with Gasteiger partial charge in [-0.25, -0.2) is 13.4 Å². The van der Waals surface area contributed by atoms with Crippen molar-refractivity contribution in [1.82, 2.24) is 9.29 Å². The molecule has 2 rings (SSSR count). The van der Waals surface area contributed by atoms with E-state index in [1.165, 1.54) is 15.6 Å². The maximum absolute atomic E-state index is 13.4. The molecule has 0 aliphatic carbocycles. The third-order valence-corrected chi connectivity index (χ3v) is 7.37. The van der Waals surface area contributed by atoms with Crippen LogP contribution < -0.4 is 5.32 Å². The van der Waals surface area contributed by atoms with Crippen LogP contribution in [-0.4, -0.2) is 36.7 Å². The summed E-state index contributed by atoms with van der Waals surface area (Å²) in [6.45, 7) is 11.5. The summed E-state index contributed by atoms with van der Waals surface area (Å²) in [6, 6.07) is 3.72. The van der Waals surface area contributed by atoms with E-state index in [2.05, 4.69) is 10.3 Å². The molecular formula is C20H29N3O3S2. The van der Waals surface area contributed by atoms with Crippen LogP contribution in [0.1, 0.15) is 42.7 Å². The fourth-order valence-corrected chi connectivity index (χ4v) is 5.65. The smallest absolute Gasteiger partial charge is 0.244 e. The number of carbonyl (C=O) groups excluding carboxylic acids is 1. The van der Waals surface area contributed by atoms with Crippen LogP contribution in [0.4, 0.5) is 5.13 Å². The Balaban J connectivity index is 2.32. The number of carbonyl (C=O) groups is 1. The highest BCUT2D eigenvalue weighted by atomic mass is 32.2. The number of aryl methyl sites for hydroxylation is 4. The number of hydrogen-bond acceptors (Lipinski definition) is 5. The van der Waals surface area contributed by atoms with Crippen molar-refractivity contribution in [3.63, 3.8) is 0 Å². The average Bonchev–Trinajstić information content (AvgIpc) is 2.94. The van der Waals surface area contributed by atoms with Crippen LogP contribution in [0.3, 0.4) is 0 Å². The summed E-state index contributed by atoms with van der Waals surface area (Å²) in [7, 11) is -3.80. The summed E-state index contributed by atoms with van der Waals surface area (Å²) in [4.78, 5) is 17.0. The number of amides is 1. The highest BCUT2D eigenvalue weighted by Crippen LogP contribution is 2.26. The second kappa shape index (κ2) is 9.15. The number of rotatable bonds is 8. The van der Waals surface area contributed by atoms with Crippen molar-refractivity contribution in [3.05, 3.63) is 39.9 Å². The molecule has 0 bridgehead atoms. The number of benzene rings is 1. The largest absolute Gasteiger partial charge is 0.301 e. The lowest BCUT2D eigenvalue weighted by atomic mass is 10.1. The van der Waals surface area contributed by atoms with Gasteiger partial charge in [-0.05, 0) is 51.2 Å². The monoisotopic (exact) mass is 423 g/mol. The Kier molecular flexibility index (Phi) is 7.36. The summed E-state index contributed by atoms with van der Waals surface area (Å²) in [6.07, 6.45) is 0.673. The number of hydrogen-bond donors (Lipinski definition) is 1.